The monoisotopic (exact) mass is 259 g/mol. The number of carbonyl (C=O) groups is 1. The van der Waals surface area contributed by atoms with Gasteiger partial charge in [0, 0.05) is 30.9 Å². The summed E-state index contributed by atoms with van der Waals surface area (Å²) in [5.74, 6) is -0.0389. The van der Waals surface area contributed by atoms with Gasteiger partial charge >= 0.3 is 0 Å². The highest BCUT2D eigenvalue weighted by atomic mass is 16.1. The number of anilines is 1. The lowest BCUT2D eigenvalue weighted by atomic mass is 10.0. The van der Waals surface area contributed by atoms with E-state index < -0.39 is 0 Å². The van der Waals surface area contributed by atoms with Gasteiger partial charge in [-0.2, -0.15) is 0 Å². The summed E-state index contributed by atoms with van der Waals surface area (Å²) in [6.07, 6.45) is 4.82. The van der Waals surface area contributed by atoms with Crippen molar-refractivity contribution < 1.29 is 4.79 Å². The van der Waals surface area contributed by atoms with Gasteiger partial charge in [-0.1, -0.05) is 12.1 Å². The summed E-state index contributed by atoms with van der Waals surface area (Å²) in [7, 11) is 0. The van der Waals surface area contributed by atoms with Crippen molar-refractivity contribution in [2.75, 3.05) is 18.8 Å². The van der Waals surface area contributed by atoms with Crippen LogP contribution in [0.2, 0.25) is 0 Å². The lowest BCUT2D eigenvalue weighted by Crippen LogP contribution is -2.45. The summed E-state index contributed by atoms with van der Waals surface area (Å²) in [6.45, 7) is 2.22. The smallest absolute Gasteiger partial charge is 0.253 e. The van der Waals surface area contributed by atoms with Crippen LogP contribution in [0.15, 0.2) is 24.3 Å². The summed E-state index contributed by atoms with van der Waals surface area (Å²) in [6, 6.07) is 8.37. The SMILES string of the molecule is Nc1ccccc1C(=O)NC1CCN(C2CC2)CC1. The van der Waals surface area contributed by atoms with Crippen molar-refractivity contribution in [2.24, 2.45) is 0 Å². The minimum atomic E-state index is -0.0389. The van der Waals surface area contributed by atoms with Crippen LogP contribution in [0.1, 0.15) is 36.0 Å². The van der Waals surface area contributed by atoms with Gasteiger partial charge in [-0.25, -0.2) is 0 Å². The molecular weight excluding hydrogens is 238 g/mol. The van der Waals surface area contributed by atoms with Gasteiger partial charge < -0.3 is 16.0 Å². The Hall–Kier alpha value is -1.55. The molecule has 1 aliphatic carbocycles. The molecule has 102 valence electrons. The maximum atomic E-state index is 12.2. The average molecular weight is 259 g/mol. The number of para-hydroxylation sites is 1. The third kappa shape index (κ3) is 2.89. The molecule has 4 heteroatoms. The van der Waals surface area contributed by atoms with Crippen molar-refractivity contribution in [1.82, 2.24) is 10.2 Å². The Bertz CT molecular complexity index is 462. The largest absolute Gasteiger partial charge is 0.398 e. The van der Waals surface area contributed by atoms with Gasteiger partial charge in [0.05, 0.1) is 5.56 Å². The van der Waals surface area contributed by atoms with E-state index in [1.807, 2.05) is 12.1 Å². The van der Waals surface area contributed by atoms with Crippen LogP contribution in [0.25, 0.3) is 0 Å². The summed E-state index contributed by atoms with van der Waals surface area (Å²) in [5.41, 5.74) is 6.97. The van der Waals surface area contributed by atoms with Crippen LogP contribution in [0.4, 0.5) is 5.69 Å². The number of rotatable bonds is 3. The van der Waals surface area contributed by atoms with Crippen molar-refractivity contribution in [3.63, 3.8) is 0 Å². The zero-order valence-electron chi connectivity index (χ0n) is 11.1. The molecule has 0 bridgehead atoms. The normalized spacial score (nSPS) is 21.3. The molecule has 0 aromatic heterocycles. The summed E-state index contributed by atoms with van der Waals surface area (Å²) in [5, 5.41) is 3.11. The first-order chi connectivity index (χ1) is 9.24. The van der Waals surface area contributed by atoms with Gasteiger partial charge in [0.25, 0.3) is 5.91 Å². The number of carbonyl (C=O) groups excluding carboxylic acids is 1. The van der Waals surface area contributed by atoms with E-state index >= 15 is 0 Å². The predicted octanol–water partition coefficient (Wildman–Crippen LogP) is 1.63. The van der Waals surface area contributed by atoms with E-state index in [4.69, 9.17) is 5.73 Å². The van der Waals surface area contributed by atoms with Gasteiger partial charge in [-0.15, -0.1) is 0 Å². The fraction of sp³-hybridized carbons (Fsp3) is 0.533. The maximum absolute atomic E-state index is 12.2. The van der Waals surface area contributed by atoms with Crippen LogP contribution in [0.5, 0.6) is 0 Å². The molecule has 1 aliphatic heterocycles. The quantitative estimate of drug-likeness (QED) is 0.811. The Morgan fingerprint density at radius 1 is 1.16 bits per heavy atom. The molecule has 1 heterocycles. The molecule has 1 saturated heterocycles. The zero-order chi connectivity index (χ0) is 13.2. The van der Waals surface area contributed by atoms with E-state index in [0.29, 0.717) is 17.3 Å². The Balaban J connectivity index is 1.54. The highest BCUT2D eigenvalue weighted by Crippen LogP contribution is 2.29. The molecular formula is C15H21N3O. The number of likely N-dealkylation sites (tertiary alicyclic amines) is 1. The van der Waals surface area contributed by atoms with E-state index in [1.165, 1.54) is 12.8 Å². The number of hydrogen-bond donors (Lipinski definition) is 2. The first-order valence-corrected chi connectivity index (χ1v) is 7.13. The van der Waals surface area contributed by atoms with E-state index in [2.05, 4.69) is 10.2 Å². The van der Waals surface area contributed by atoms with Crippen LogP contribution in [0, 0.1) is 0 Å². The van der Waals surface area contributed by atoms with Gasteiger partial charge in [0.1, 0.15) is 0 Å². The van der Waals surface area contributed by atoms with Crippen molar-refractivity contribution in [3.05, 3.63) is 29.8 Å². The lowest BCUT2D eigenvalue weighted by molar-refractivity contribution is 0.0910. The number of piperidine rings is 1. The Morgan fingerprint density at radius 2 is 1.84 bits per heavy atom. The van der Waals surface area contributed by atoms with Gasteiger partial charge in [-0.3, -0.25) is 4.79 Å². The van der Waals surface area contributed by atoms with Gasteiger partial charge in [0.2, 0.25) is 0 Å². The number of nitrogens with one attached hydrogen (secondary N) is 1. The summed E-state index contributed by atoms with van der Waals surface area (Å²) < 4.78 is 0. The average Bonchev–Trinajstić information content (AvgIpc) is 3.24. The predicted molar refractivity (Wildman–Crippen MR) is 75.9 cm³/mol. The molecule has 0 unspecified atom stereocenters. The van der Waals surface area contributed by atoms with E-state index in [0.717, 1.165) is 32.0 Å². The molecule has 3 rings (SSSR count). The molecule has 1 amide bonds. The van der Waals surface area contributed by atoms with Gasteiger partial charge in [-0.05, 0) is 37.8 Å². The lowest BCUT2D eigenvalue weighted by Gasteiger charge is -2.32. The molecule has 2 aliphatic rings. The van der Waals surface area contributed by atoms with Crippen molar-refractivity contribution >= 4 is 11.6 Å². The van der Waals surface area contributed by atoms with Crippen LogP contribution in [0.3, 0.4) is 0 Å². The summed E-state index contributed by atoms with van der Waals surface area (Å²) in [4.78, 5) is 14.7. The molecule has 1 aromatic carbocycles. The molecule has 19 heavy (non-hydrogen) atoms. The van der Waals surface area contributed by atoms with Crippen LogP contribution in [-0.2, 0) is 0 Å². The summed E-state index contributed by atoms with van der Waals surface area (Å²) >= 11 is 0. The number of hydrogen-bond acceptors (Lipinski definition) is 3. The van der Waals surface area contributed by atoms with E-state index in [1.54, 1.807) is 12.1 Å². The molecule has 1 aromatic rings. The molecule has 3 N–H and O–H groups in total. The second kappa shape index (κ2) is 5.21. The minimum Gasteiger partial charge on any atom is -0.398 e. The molecule has 4 nitrogen and oxygen atoms in total. The van der Waals surface area contributed by atoms with Crippen LogP contribution < -0.4 is 11.1 Å². The number of benzene rings is 1. The highest BCUT2D eigenvalue weighted by Gasteiger charge is 2.32. The first-order valence-electron chi connectivity index (χ1n) is 7.13. The standard InChI is InChI=1S/C15H21N3O/c16-14-4-2-1-3-13(14)15(19)17-11-7-9-18(10-8-11)12-5-6-12/h1-4,11-12H,5-10,16H2,(H,17,19). The number of nitrogens with two attached hydrogens (primary N) is 1. The fourth-order valence-corrected chi connectivity index (χ4v) is 2.82. The molecule has 2 fully saturated rings. The van der Waals surface area contributed by atoms with E-state index in [-0.39, 0.29) is 5.91 Å². The molecule has 0 radical (unpaired) electrons. The minimum absolute atomic E-state index is 0.0389. The van der Waals surface area contributed by atoms with Crippen molar-refractivity contribution in [2.45, 2.75) is 37.8 Å². The van der Waals surface area contributed by atoms with Gasteiger partial charge in [0.15, 0.2) is 0 Å². The number of nitrogen functional groups attached to an aromatic ring is 1. The third-order valence-electron chi connectivity index (χ3n) is 4.13. The van der Waals surface area contributed by atoms with E-state index in [9.17, 15) is 4.79 Å². The highest BCUT2D eigenvalue weighted by molar-refractivity contribution is 5.99. The first kappa shape index (κ1) is 12.5. The second-order valence-electron chi connectivity index (χ2n) is 5.60. The fourth-order valence-electron chi connectivity index (χ4n) is 2.82. The Morgan fingerprint density at radius 3 is 2.47 bits per heavy atom. The third-order valence-corrected chi connectivity index (χ3v) is 4.13. The second-order valence-corrected chi connectivity index (χ2v) is 5.60. The van der Waals surface area contributed by atoms with Crippen LogP contribution in [-0.4, -0.2) is 36.0 Å². The number of nitrogens with zero attached hydrogens (tertiary/aromatic N) is 1. The van der Waals surface area contributed by atoms with Crippen molar-refractivity contribution in [3.8, 4) is 0 Å². The Labute approximate surface area is 114 Å². The molecule has 0 atom stereocenters. The zero-order valence-corrected chi connectivity index (χ0v) is 11.1. The van der Waals surface area contributed by atoms with Crippen LogP contribution >= 0.6 is 0 Å². The maximum Gasteiger partial charge on any atom is 0.253 e. The van der Waals surface area contributed by atoms with Crippen molar-refractivity contribution in [1.29, 1.82) is 0 Å². The topological polar surface area (TPSA) is 58.4 Å². The molecule has 1 saturated carbocycles. The molecule has 0 spiro atoms. The Kier molecular flexibility index (Phi) is 3.42. The number of amides is 1.